The number of esters is 1. The van der Waals surface area contributed by atoms with Gasteiger partial charge in [-0.1, -0.05) is 38.3 Å². The van der Waals surface area contributed by atoms with Crippen molar-refractivity contribution in [3.63, 3.8) is 0 Å². The molecule has 6 N–H and O–H groups in total. The smallest absolute Gasteiger partial charge is 0.330 e. The Morgan fingerprint density at radius 3 is 2.38 bits per heavy atom. The van der Waals surface area contributed by atoms with Gasteiger partial charge in [0, 0.05) is 18.4 Å². The molecule has 1 fully saturated rings. The first-order valence-corrected chi connectivity index (χ1v) is 12.2. The number of allylic oxidation sites excluding steroid dienone is 1. The highest BCUT2D eigenvalue weighted by atomic mass is 16.5. The van der Waals surface area contributed by atoms with Crippen LogP contribution in [0.3, 0.4) is 0 Å². The zero-order valence-electron chi connectivity index (χ0n) is 20.6. The summed E-state index contributed by atoms with van der Waals surface area (Å²) >= 11 is 0. The third-order valence-electron chi connectivity index (χ3n) is 6.25. The van der Waals surface area contributed by atoms with Crippen LogP contribution in [0.4, 0.5) is 0 Å². The minimum absolute atomic E-state index is 0.0260. The maximum atomic E-state index is 12.0. The molecule has 7 atom stereocenters. The van der Waals surface area contributed by atoms with E-state index in [4.69, 9.17) is 15.2 Å². The number of aliphatic hydroxyl groups excluding tert-OH is 4. The SMILES string of the molecule is C/C(=C\C(=O)OCCCCCCCC(N)=O)C(O)[C@@H]1OCC(C/C=C/[C@@H](C)[C@H](C)O)[C@@H](O)[C@H]1O. The lowest BCUT2D eigenvalue weighted by atomic mass is 9.86. The Bertz CT molecular complexity index is 678. The third kappa shape index (κ3) is 11.1. The van der Waals surface area contributed by atoms with E-state index in [1.54, 1.807) is 13.8 Å². The second-order valence-electron chi connectivity index (χ2n) is 9.29. The first-order chi connectivity index (χ1) is 16.0. The van der Waals surface area contributed by atoms with Gasteiger partial charge in [-0.15, -0.1) is 0 Å². The maximum Gasteiger partial charge on any atom is 0.330 e. The lowest BCUT2D eigenvalue weighted by Gasteiger charge is -2.39. The fourth-order valence-corrected chi connectivity index (χ4v) is 3.70. The molecule has 0 spiro atoms. The number of hydrogen-bond acceptors (Lipinski definition) is 8. The number of unbranched alkanes of at least 4 members (excludes halogenated alkanes) is 4. The molecule has 9 heteroatoms. The van der Waals surface area contributed by atoms with Gasteiger partial charge in [0.2, 0.25) is 5.91 Å². The quantitative estimate of drug-likeness (QED) is 0.101. The van der Waals surface area contributed by atoms with Crippen molar-refractivity contribution in [3.05, 3.63) is 23.8 Å². The van der Waals surface area contributed by atoms with Gasteiger partial charge in [0.05, 0.1) is 25.4 Å². The van der Waals surface area contributed by atoms with Crippen molar-refractivity contribution in [2.75, 3.05) is 13.2 Å². The largest absolute Gasteiger partial charge is 0.463 e. The van der Waals surface area contributed by atoms with Crippen LogP contribution in [0, 0.1) is 11.8 Å². The van der Waals surface area contributed by atoms with E-state index < -0.39 is 36.5 Å². The number of rotatable bonds is 15. The number of carbonyl (C=O) groups is 2. The monoisotopic (exact) mass is 485 g/mol. The lowest BCUT2D eigenvalue weighted by Crippen LogP contribution is -2.54. The summed E-state index contributed by atoms with van der Waals surface area (Å²) < 4.78 is 10.8. The van der Waals surface area contributed by atoms with Crippen molar-refractivity contribution in [2.45, 2.75) is 96.2 Å². The number of aliphatic hydroxyl groups is 4. The molecule has 9 nitrogen and oxygen atoms in total. The van der Waals surface area contributed by atoms with Gasteiger partial charge in [-0.05, 0) is 44.6 Å². The molecule has 1 aliphatic heterocycles. The molecule has 1 saturated heterocycles. The maximum absolute atomic E-state index is 12.0. The Morgan fingerprint density at radius 1 is 1.09 bits per heavy atom. The van der Waals surface area contributed by atoms with Crippen molar-refractivity contribution in [3.8, 4) is 0 Å². The summed E-state index contributed by atoms with van der Waals surface area (Å²) in [6.07, 6.45) is 4.66. The van der Waals surface area contributed by atoms with Crippen LogP contribution in [0.25, 0.3) is 0 Å². The van der Waals surface area contributed by atoms with Crippen LogP contribution in [0.2, 0.25) is 0 Å². The van der Waals surface area contributed by atoms with Gasteiger partial charge in [0.15, 0.2) is 0 Å². The predicted molar refractivity (Wildman–Crippen MR) is 127 cm³/mol. The van der Waals surface area contributed by atoms with Crippen LogP contribution in [-0.2, 0) is 19.1 Å². The number of amides is 1. The summed E-state index contributed by atoms with van der Waals surface area (Å²) in [5.41, 5.74) is 5.36. The molecule has 0 saturated carbocycles. The molecule has 0 aromatic heterocycles. The molecule has 196 valence electrons. The van der Waals surface area contributed by atoms with Crippen molar-refractivity contribution < 1.29 is 39.5 Å². The summed E-state index contributed by atoms with van der Waals surface area (Å²) in [7, 11) is 0. The standard InChI is InChI=1S/C25H43NO8/c1-16(18(3)27)10-9-11-19-15-34-25(24(32)23(19)31)22(30)17(2)14-21(29)33-13-8-6-4-5-7-12-20(26)28/h9-10,14,16,18-19,22-25,27,30-32H,4-8,11-13,15H2,1-3H3,(H2,26,28)/b10-9+,17-14+/t16-,18+,19?,22?,23-,24-,25+/m1/s1. The predicted octanol–water partition coefficient (Wildman–Crippen LogP) is 1.36. The van der Waals surface area contributed by atoms with Crippen LogP contribution >= 0.6 is 0 Å². The zero-order valence-corrected chi connectivity index (χ0v) is 20.6. The minimum Gasteiger partial charge on any atom is -0.463 e. The number of primary amides is 1. The average molecular weight is 486 g/mol. The summed E-state index contributed by atoms with van der Waals surface area (Å²) in [6.45, 7) is 5.51. The molecular weight excluding hydrogens is 442 g/mol. The molecule has 34 heavy (non-hydrogen) atoms. The van der Waals surface area contributed by atoms with E-state index in [1.165, 1.54) is 6.08 Å². The molecular formula is C25H43NO8. The Kier molecular flexibility index (Phi) is 14.2. The molecule has 0 bridgehead atoms. The summed E-state index contributed by atoms with van der Waals surface area (Å²) in [5, 5.41) is 41.1. The van der Waals surface area contributed by atoms with E-state index in [2.05, 4.69) is 0 Å². The van der Waals surface area contributed by atoms with Crippen molar-refractivity contribution in [1.82, 2.24) is 0 Å². The summed E-state index contributed by atoms with van der Waals surface area (Å²) in [6, 6.07) is 0. The number of carbonyl (C=O) groups excluding carboxylic acids is 2. The average Bonchev–Trinajstić information content (AvgIpc) is 2.77. The van der Waals surface area contributed by atoms with Gasteiger partial charge < -0.3 is 35.6 Å². The molecule has 2 unspecified atom stereocenters. The van der Waals surface area contributed by atoms with E-state index in [-0.39, 0.29) is 36.5 Å². The molecule has 1 amide bonds. The van der Waals surface area contributed by atoms with E-state index >= 15 is 0 Å². The normalized spacial score (nSPS) is 26.3. The fourth-order valence-electron chi connectivity index (χ4n) is 3.70. The molecule has 0 aliphatic carbocycles. The van der Waals surface area contributed by atoms with E-state index in [1.807, 2.05) is 19.1 Å². The molecule has 0 aromatic rings. The number of ether oxygens (including phenoxy) is 2. The minimum atomic E-state index is -1.31. The van der Waals surface area contributed by atoms with Gasteiger partial charge in [0.25, 0.3) is 0 Å². The second kappa shape index (κ2) is 16.0. The lowest BCUT2D eigenvalue weighted by molar-refractivity contribution is -0.187. The third-order valence-corrected chi connectivity index (χ3v) is 6.25. The van der Waals surface area contributed by atoms with Gasteiger partial charge in [-0.2, -0.15) is 0 Å². The van der Waals surface area contributed by atoms with Gasteiger partial charge in [-0.3, -0.25) is 4.79 Å². The van der Waals surface area contributed by atoms with E-state index in [0.717, 1.165) is 25.7 Å². The first kappa shape index (κ1) is 30.3. The fraction of sp³-hybridized carbons (Fsp3) is 0.760. The topological polar surface area (TPSA) is 160 Å². The van der Waals surface area contributed by atoms with Crippen molar-refractivity contribution in [2.24, 2.45) is 17.6 Å². The first-order valence-electron chi connectivity index (χ1n) is 12.2. The molecule has 0 radical (unpaired) electrons. The van der Waals surface area contributed by atoms with Crippen molar-refractivity contribution >= 4 is 11.9 Å². The molecule has 1 heterocycles. The molecule has 1 aliphatic rings. The highest BCUT2D eigenvalue weighted by Crippen LogP contribution is 2.27. The highest BCUT2D eigenvalue weighted by molar-refractivity contribution is 5.82. The Morgan fingerprint density at radius 2 is 1.74 bits per heavy atom. The Hall–Kier alpha value is -1.78. The Labute approximate surface area is 202 Å². The number of nitrogens with two attached hydrogens (primary N) is 1. The summed E-state index contributed by atoms with van der Waals surface area (Å²) in [4.78, 5) is 22.7. The molecule has 1 rings (SSSR count). The van der Waals surface area contributed by atoms with E-state index in [0.29, 0.717) is 19.3 Å². The zero-order chi connectivity index (χ0) is 25.7. The summed E-state index contributed by atoms with van der Waals surface area (Å²) in [5.74, 6) is -1.26. The molecule has 0 aromatic carbocycles. The van der Waals surface area contributed by atoms with Crippen LogP contribution in [0.15, 0.2) is 23.8 Å². The highest BCUT2D eigenvalue weighted by Gasteiger charge is 2.41. The van der Waals surface area contributed by atoms with Crippen LogP contribution in [0.5, 0.6) is 0 Å². The van der Waals surface area contributed by atoms with Crippen LogP contribution in [-0.4, -0.2) is 76.0 Å². The van der Waals surface area contributed by atoms with Gasteiger partial charge in [-0.25, -0.2) is 4.79 Å². The second-order valence-corrected chi connectivity index (χ2v) is 9.29. The number of hydrogen-bond donors (Lipinski definition) is 5. The van der Waals surface area contributed by atoms with Crippen LogP contribution in [0.1, 0.15) is 65.7 Å². The van der Waals surface area contributed by atoms with Crippen molar-refractivity contribution in [1.29, 1.82) is 0 Å². The Balaban J connectivity index is 2.41. The van der Waals surface area contributed by atoms with Gasteiger partial charge in [0.1, 0.15) is 18.3 Å². The van der Waals surface area contributed by atoms with Crippen LogP contribution < -0.4 is 5.73 Å². The van der Waals surface area contributed by atoms with Gasteiger partial charge >= 0.3 is 5.97 Å². The van der Waals surface area contributed by atoms with E-state index in [9.17, 15) is 30.0 Å².